The summed E-state index contributed by atoms with van der Waals surface area (Å²) >= 11 is 5.95. The molecule has 1 rings (SSSR count). The van der Waals surface area contributed by atoms with Gasteiger partial charge in [0.1, 0.15) is 0 Å². The van der Waals surface area contributed by atoms with Crippen molar-refractivity contribution in [2.75, 3.05) is 13.6 Å². The van der Waals surface area contributed by atoms with Gasteiger partial charge in [-0.1, -0.05) is 29.8 Å². The van der Waals surface area contributed by atoms with Crippen LogP contribution in [-0.4, -0.2) is 32.3 Å². The molecule has 6 nitrogen and oxygen atoms in total. The summed E-state index contributed by atoms with van der Waals surface area (Å²) in [6.07, 6.45) is 0. The molecule has 0 radical (unpaired) electrons. The van der Waals surface area contributed by atoms with Gasteiger partial charge in [-0.25, -0.2) is 9.52 Å². The van der Waals surface area contributed by atoms with Gasteiger partial charge in [-0.15, -0.1) is 0 Å². The monoisotopic (exact) mass is 305 g/mol. The number of nitrogens with zero attached hydrogens (tertiary/aromatic N) is 1. The summed E-state index contributed by atoms with van der Waals surface area (Å²) in [4.78, 5) is 11.2. The highest BCUT2D eigenvalue weighted by molar-refractivity contribution is 7.87. The summed E-state index contributed by atoms with van der Waals surface area (Å²) in [6, 6.07) is 6.16. The number of rotatable bonds is 5. The van der Waals surface area contributed by atoms with Gasteiger partial charge in [-0.3, -0.25) is 0 Å². The maximum absolute atomic E-state index is 11.8. The molecule has 1 aromatic rings. The lowest BCUT2D eigenvalue weighted by atomic mass is 10.2. The molecule has 0 heterocycles. The summed E-state index contributed by atoms with van der Waals surface area (Å²) in [5, 5.41) is 2.82. The third-order valence-electron chi connectivity index (χ3n) is 2.32. The van der Waals surface area contributed by atoms with Gasteiger partial charge in [-0.2, -0.15) is 12.7 Å². The molecule has 0 saturated heterocycles. The molecule has 0 aliphatic carbocycles. The average Bonchev–Trinajstić information content (AvgIpc) is 2.31. The van der Waals surface area contributed by atoms with Crippen LogP contribution in [0.1, 0.15) is 12.5 Å². The molecule has 0 aliphatic rings. The molecule has 0 aliphatic heterocycles. The molecule has 2 N–H and O–H groups in total. The molecule has 0 aromatic heterocycles. The summed E-state index contributed by atoms with van der Waals surface area (Å²) in [5.74, 6) is 0. The number of halogens is 1. The highest BCUT2D eigenvalue weighted by Gasteiger charge is 2.20. The number of hydrogen-bond donors (Lipinski definition) is 2. The van der Waals surface area contributed by atoms with E-state index in [1.807, 2.05) is 4.72 Å². The standard InChI is InChI=1S/C11H16ClN3O3S/c1-3-13-11(16)14-19(17,18)15(2)8-9-6-4-5-7-10(9)12/h4-7H,3,8H2,1-2H3,(H2,13,14,16). The molecular formula is C11H16ClN3O3S. The Kier molecular flexibility index (Phi) is 5.59. The smallest absolute Gasteiger partial charge is 0.329 e. The number of carbonyl (C=O) groups is 1. The Hall–Kier alpha value is -1.31. The number of carbonyl (C=O) groups excluding carboxylic acids is 1. The largest absolute Gasteiger partial charge is 0.338 e. The quantitative estimate of drug-likeness (QED) is 0.861. The first-order valence-electron chi connectivity index (χ1n) is 5.62. The Morgan fingerprint density at radius 3 is 2.58 bits per heavy atom. The fourth-order valence-corrected chi connectivity index (χ4v) is 2.31. The van der Waals surface area contributed by atoms with Crippen molar-refractivity contribution in [2.24, 2.45) is 0 Å². The first-order chi connectivity index (χ1) is 8.86. The average molecular weight is 306 g/mol. The molecule has 0 saturated carbocycles. The molecule has 0 bridgehead atoms. The predicted octanol–water partition coefficient (Wildman–Crippen LogP) is 1.34. The number of hydrogen-bond acceptors (Lipinski definition) is 3. The van der Waals surface area contributed by atoms with Gasteiger partial charge in [0.15, 0.2) is 0 Å². The van der Waals surface area contributed by atoms with Crippen molar-refractivity contribution in [3.63, 3.8) is 0 Å². The first kappa shape index (κ1) is 15.7. The minimum absolute atomic E-state index is 0.0778. The van der Waals surface area contributed by atoms with E-state index in [2.05, 4.69) is 5.32 Å². The SMILES string of the molecule is CCNC(=O)NS(=O)(=O)N(C)Cc1ccccc1Cl. The lowest BCUT2D eigenvalue weighted by Crippen LogP contribution is -2.45. The lowest BCUT2D eigenvalue weighted by molar-refractivity contribution is 0.245. The third-order valence-corrected chi connectivity index (χ3v) is 4.08. The summed E-state index contributed by atoms with van der Waals surface area (Å²) in [7, 11) is -2.52. The van der Waals surface area contributed by atoms with Crippen molar-refractivity contribution in [2.45, 2.75) is 13.5 Å². The topological polar surface area (TPSA) is 78.5 Å². The van der Waals surface area contributed by atoms with Gasteiger partial charge >= 0.3 is 16.2 Å². The molecule has 106 valence electrons. The van der Waals surface area contributed by atoms with Crippen LogP contribution in [0.4, 0.5) is 4.79 Å². The van der Waals surface area contributed by atoms with Crippen LogP contribution >= 0.6 is 11.6 Å². The Bertz CT molecular complexity index is 548. The summed E-state index contributed by atoms with van der Waals surface area (Å²) in [5.41, 5.74) is 0.660. The fourth-order valence-electron chi connectivity index (χ4n) is 1.34. The van der Waals surface area contributed by atoms with Crippen LogP contribution in [0.25, 0.3) is 0 Å². The molecule has 1 aromatic carbocycles. The number of urea groups is 1. The Morgan fingerprint density at radius 2 is 2.00 bits per heavy atom. The van der Waals surface area contributed by atoms with Crippen LogP contribution < -0.4 is 10.0 Å². The van der Waals surface area contributed by atoms with E-state index in [4.69, 9.17) is 11.6 Å². The van der Waals surface area contributed by atoms with E-state index in [1.54, 1.807) is 31.2 Å². The second kappa shape index (κ2) is 6.74. The zero-order chi connectivity index (χ0) is 14.5. The minimum atomic E-state index is -3.88. The highest BCUT2D eigenvalue weighted by Crippen LogP contribution is 2.17. The van der Waals surface area contributed by atoms with E-state index in [0.29, 0.717) is 17.1 Å². The summed E-state index contributed by atoms with van der Waals surface area (Å²) < 4.78 is 26.6. The van der Waals surface area contributed by atoms with Crippen LogP contribution in [0.2, 0.25) is 5.02 Å². The Balaban J connectivity index is 2.74. The van der Waals surface area contributed by atoms with E-state index >= 15 is 0 Å². The summed E-state index contributed by atoms with van der Waals surface area (Å²) in [6.45, 7) is 2.11. The first-order valence-corrected chi connectivity index (χ1v) is 7.44. The zero-order valence-corrected chi connectivity index (χ0v) is 12.3. The van der Waals surface area contributed by atoms with Crippen molar-refractivity contribution < 1.29 is 13.2 Å². The fraction of sp³-hybridized carbons (Fsp3) is 0.364. The number of benzene rings is 1. The van der Waals surface area contributed by atoms with Gasteiger partial charge in [0.2, 0.25) is 0 Å². The molecule has 0 spiro atoms. The van der Waals surface area contributed by atoms with Gasteiger partial charge in [0.25, 0.3) is 0 Å². The van der Waals surface area contributed by atoms with Crippen LogP contribution in [0, 0.1) is 0 Å². The third kappa shape index (κ3) is 4.70. The van der Waals surface area contributed by atoms with Crippen LogP contribution in [-0.2, 0) is 16.8 Å². The molecule has 19 heavy (non-hydrogen) atoms. The van der Waals surface area contributed by atoms with E-state index in [9.17, 15) is 13.2 Å². The highest BCUT2D eigenvalue weighted by atomic mass is 35.5. The zero-order valence-electron chi connectivity index (χ0n) is 10.7. The molecule has 0 atom stereocenters. The Morgan fingerprint density at radius 1 is 1.37 bits per heavy atom. The predicted molar refractivity (Wildman–Crippen MR) is 74.0 cm³/mol. The van der Waals surface area contributed by atoms with Gasteiger partial charge in [0.05, 0.1) is 0 Å². The van der Waals surface area contributed by atoms with Gasteiger partial charge in [-0.05, 0) is 18.6 Å². The molecule has 0 fully saturated rings. The van der Waals surface area contributed by atoms with Crippen molar-refractivity contribution in [1.29, 1.82) is 0 Å². The maximum atomic E-state index is 11.8. The van der Waals surface area contributed by atoms with Crippen LogP contribution in [0.15, 0.2) is 24.3 Å². The van der Waals surface area contributed by atoms with Crippen LogP contribution in [0.5, 0.6) is 0 Å². The van der Waals surface area contributed by atoms with E-state index < -0.39 is 16.2 Å². The van der Waals surface area contributed by atoms with E-state index in [1.165, 1.54) is 7.05 Å². The van der Waals surface area contributed by atoms with Crippen LogP contribution in [0.3, 0.4) is 0 Å². The van der Waals surface area contributed by atoms with Crippen molar-refractivity contribution >= 4 is 27.8 Å². The number of amides is 2. The molecule has 8 heteroatoms. The van der Waals surface area contributed by atoms with Crippen molar-refractivity contribution in [3.05, 3.63) is 34.9 Å². The maximum Gasteiger partial charge on any atom is 0.329 e. The lowest BCUT2D eigenvalue weighted by Gasteiger charge is -2.18. The minimum Gasteiger partial charge on any atom is -0.338 e. The second-order valence-corrected chi connectivity index (χ2v) is 6.00. The van der Waals surface area contributed by atoms with E-state index in [-0.39, 0.29) is 6.54 Å². The number of nitrogens with one attached hydrogen (secondary N) is 2. The normalized spacial score (nSPS) is 11.4. The van der Waals surface area contributed by atoms with Crippen molar-refractivity contribution in [1.82, 2.24) is 14.3 Å². The second-order valence-electron chi connectivity index (χ2n) is 3.81. The van der Waals surface area contributed by atoms with Gasteiger partial charge in [0, 0.05) is 25.2 Å². The van der Waals surface area contributed by atoms with E-state index in [0.717, 1.165) is 4.31 Å². The Labute approximate surface area is 117 Å². The molecule has 0 unspecified atom stereocenters. The van der Waals surface area contributed by atoms with Crippen molar-refractivity contribution in [3.8, 4) is 0 Å². The molecule has 2 amide bonds. The van der Waals surface area contributed by atoms with Gasteiger partial charge < -0.3 is 5.32 Å². The molecular weight excluding hydrogens is 290 g/mol.